The second-order valence-electron chi connectivity index (χ2n) is 5.28. The molecule has 0 radical (unpaired) electrons. The van der Waals surface area contributed by atoms with Gasteiger partial charge in [0.15, 0.2) is 5.96 Å². The van der Waals surface area contributed by atoms with E-state index in [4.69, 9.17) is 10.5 Å². The van der Waals surface area contributed by atoms with E-state index in [0.29, 0.717) is 19.1 Å². The van der Waals surface area contributed by atoms with Gasteiger partial charge in [0.05, 0.1) is 6.61 Å². The van der Waals surface area contributed by atoms with Gasteiger partial charge < -0.3 is 15.8 Å². The maximum atomic E-state index is 5.83. The molecule has 2 aromatic rings. The van der Waals surface area contributed by atoms with Crippen LogP contribution in [-0.4, -0.2) is 30.6 Å². The van der Waals surface area contributed by atoms with Gasteiger partial charge in [-0.2, -0.15) is 0 Å². The quantitative estimate of drug-likeness (QED) is 0.287. The molecule has 130 valence electrons. The number of pyridine rings is 1. The van der Waals surface area contributed by atoms with Crippen LogP contribution in [-0.2, 0) is 6.42 Å². The predicted molar refractivity (Wildman–Crippen MR) is 109 cm³/mol. The zero-order valence-corrected chi connectivity index (χ0v) is 16.3. The molecule has 1 aromatic heterocycles. The molecule has 0 unspecified atom stereocenters. The SMILES string of the molecule is Cc1ccc(OCCCN=C(N)NCCc2ccccn2)cc1.I. The van der Waals surface area contributed by atoms with Crippen molar-refractivity contribution in [1.82, 2.24) is 10.3 Å². The van der Waals surface area contributed by atoms with Crippen molar-refractivity contribution < 1.29 is 4.74 Å². The van der Waals surface area contributed by atoms with Gasteiger partial charge in [-0.05, 0) is 31.2 Å². The van der Waals surface area contributed by atoms with Crippen molar-refractivity contribution in [2.24, 2.45) is 10.7 Å². The molecule has 0 bridgehead atoms. The van der Waals surface area contributed by atoms with Crippen LogP contribution in [0.15, 0.2) is 53.7 Å². The van der Waals surface area contributed by atoms with Gasteiger partial charge in [0.25, 0.3) is 0 Å². The van der Waals surface area contributed by atoms with Crippen LogP contribution >= 0.6 is 24.0 Å². The molecule has 0 saturated carbocycles. The largest absolute Gasteiger partial charge is 0.494 e. The summed E-state index contributed by atoms with van der Waals surface area (Å²) in [5, 5.41) is 3.09. The minimum absolute atomic E-state index is 0. The van der Waals surface area contributed by atoms with E-state index in [-0.39, 0.29) is 24.0 Å². The van der Waals surface area contributed by atoms with Crippen molar-refractivity contribution >= 4 is 29.9 Å². The Balaban J connectivity index is 0.00000288. The average Bonchev–Trinajstić information content (AvgIpc) is 2.57. The third-order valence-corrected chi connectivity index (χ3v) is 3.29. The van der Waals surface area contributed by atoms with Gasteiger partial charge in [0.2, 0.25) is 0 Å². The summed E-state index contributed by atoms with van der Waals surface area (Å²) in [5.74, 6) is 1.36. The summed E-state index contributed by atoms with van der Waals surface area (Å²) in [6, 6.07) is 13.9. The van der Waals surface area contributed by atoms with Crippen molar-refractivity contribution in [1.29, 1.82) is 0 Å². The molecule has 2 rings (SSSR count). The van der Waals surface area contributed by atoms with Gasteiger partial charge in [-0.15, -0.1) is 24.0 Å². The van der Waals surface area contributed by atoms with Crippen LogP contribution in [0.3, 0.4) is 0 Å². The number of hydrogen-bond acceptors (Lipinski definition) is 3. The number of benzene rings is 1. The first-order chi connectivity index (χ1) is 11.2. The molecule has 0 saturated heterocycles. The summed E-state index contributed by atoms with van der Waals surface area (Å²) in [6.07, 6.45) is 3.45. The highest BCUT2D eigenvalue weighted by molar-refractivity contribution is 14.0. The Hall–Kier alpha value is -1.83. The third-order valence-electron chi connectivity index (χ3n) is 3.29. The van der Waals surface area contributed by atoms with Crippen LogP contribution in [0.1, 0.15) is 17.7 Å². The molecule has 0 aliphatic heterocycles. The molecule has 0 fully saturated rings. The Bertz CT molecular complexity index is 602. The van der Waals surface area contributed by atoms with E-state index in [1.807, 2.05) is 42.5 Å². The summed E-state index contributed by atoms with van der Waals surface area (Å²) >= 11 is 0. The molecule has 0 aliphatic rings. The smallest absolute Gasteiger partial charge is 0.188 e. The number of nitrogens with zero attached hydrogens (tertiary/aromatic N) is 2. The number of halogens is 1. The maximum absolute atomic E-state index is 5.83. The molecule has 1 heterocycles. The minimum Gasteiger partial charge on any atom is -0.494 e. The molecule has 0 atom stereocenters. The summed E-state index contributed by atoms with van der Waals surface area (Å²) in [4.78, 5) is 8.54. The fourth-order valence-corrected chi connectivity index (χ4v) is 2.01. The first-order valence-corrected chi connectivity index (χ1v) is 7.87. The van der Waals surface area contributed by atoms with Crippen molar-refractivity contribution in [2.45, 2.75) is 19.8 Å². The number of ether oxygens (including phenoxy) is 1. The Kier molecular flexibility index (Phi) is 9.83. The molecule has 3 N–H and O–H groups in total. The first-order valence-electron chi connectivity index (χ1n) is 7.87. The van der Waals surface area contributed by atoms with E-state index < -0.39 is 0 Å². The van der Waals surface area contributed by atoms with E-state index in [1.54, 1.807) is 6.20 Å². The van der Waals surface area contributed by atoms with Crippen LogP contribution in [0, 0.1) is 6.92 Å². The van der Waals surface area contributed by atoms with E-state index in [2.05, 4.69) is 22.2 Å². The highest BCUT2D eigenvalue weighted by atomic mass is 127. The third kappa shape index (κ3) is 8.14. The molecule has 5 nitrogen and oxygen atoms in total. The predicted octanol–water partition coefficient (Wildman–Crippen LogP) is 2.92. The van der Waals surface area contributed by atoms with E-state index >= 15 is 0 Å². The van der Waals surface area contributed by atoms with E-state index in [1.165, 1.54) is 5.56 Å². The number of nitrogens with one attached hydrogen (secondary N) is 1. The molecule has 1 aromatic carbocycles. The second kappa shape index (κ2) is 11.7. The van der Waals surface area contributed by atoms with Gasteiger partial charge in [-0.25, -0.2) is 0 Å². The van der Waals surface area contributed by atoms with Crippen LogP contribution in [0.2, 0.25) is 0 Å². The lowest BCUT2D eigenvalue weighted by Crippen LogP contribution is -2.33. The Morgan fingerprint density at radius 1 is 1.21 bits per heavy atom. The number of aryl methyl sites for hydroxylation is 1. The number of rotatable bonds is 8. The second-order valence-corrected chi connectivity index (χ2v) is 5.28. The molecular formula is C18H25IN4O. The van der Waals surface area contributed by atoms with Crippen molar-refractivity contribution in [3.63, 3.8) is 0 Å². The van der Waals surface area contributed by atoms with E-state index in [9.17, 15) is 0 Å². The number of aliphatic imine (C=N–C) groups is 1. The summed E-state index contributed by atoms with van der Waals surface area (Å²) in [7, 11) is 0. The molecule has 0 spiro atoms. The fraction of sp³-hybridized carbons (Fsp3) is 0.333. The zero-order chi connectivity index (χ0) is 16.3. The number of hydrogen-bond donors (Lipinski definition) is 2. The highest BCUT2D eigenvalue weighted by Crippen LogP contribution is 2.11. The molecule has 0 aliphatic carbocycles. The minimum atomic E-state index is 0. The normalized spacial score (nSPS) is 10.8. The first kappa shape index (κ1) is 20.2. The Morgan fingerprint density at radius 3 is 2.71 bits per heavy atom. The average molecular weight is 440 g/mol. The van der Waals surface area contributed by atoms with E-state index in [0.717, 1.165) is 30.8 Å². The van der Waals surface area contributed by atoms with Gasteiger partial charge in [-0.1, -0.05) is 23.8 Å². The standard InChI is InChI=1S/C18H24N4O.HI/c1-15-6-8-17(9-7-15)23-14-4-12-21-18(19)22-13-10-16-5-2-3-11-20-16;/h2-3,5-9,11H,4,10,12-14H2,1H3,(H3,19,21,22);1H. The van der Waals surface area contributed by atoms with Crippen LogP contribution in [0.5, 0.6) is 5.75 Å². The lowest BCUT2D eigenvalue weighted by molar-refractivity contribution is 0.313. The fourth-order valence-electron chi connectivity index (χ4n) is 2.01. The molecular weight excluding hydrogens is 415 g/mol. The van der Waals surface area contributed by atoms with Gasteiger partial charge in [0, 0.05) is 37.8 Å². The highest BCUT2D eigenvalue weighted by Gasteiger charge is 1.96. The Morgan fingerprint density at radius 2 is 2.00 bits per heavy atom. The van der Waals surface area contributed by atoms with Crippen molar-refractivity contribution in [3.05, 3.63) is 59.9 Å². The monoisotopic (exact) mass is 440 g/mol. The Labute approximate surface area is 160 Å². The van der Waals surface area contributed by atoms with Crippen molar-refractivity contribution in [2.75, 3.05) is 19.7 Å². The lowest BCUT2D eigenvalue weighted by Gasteiger charge is -2.07. The van der Waals surface area contributed by atoms with Crippen LogP contribution in [0.25, 0.3) is 0 Å². The number of nitrogens with two attached hydrogens (primary N) is 1. The molecule has 6 heteroatoms. The van der Waals surface area contributed by atoms with Gasteiger partial charge in [-0.3, -0.25) is 9.98 Å². The van der Waals surface area contributed by atoms with Gasteiger partial charge in [0.1, 0.15) is 5.75 Å². The summed E-state index contributed by atoms with van der Waals surface area (Å²) in [5.41, 5.74) is 8.09. The molecule has 0 amide bonds. The zero-order valence-electron chi connectivity index (χ0n) is 13.9. The van der Waals surface area contributed by atoms with Gasteiger partial charge >= 0.3 is 0 Å². The lowest BCUT2D eigenvalue weighted by atomic mass is 10.2. The van der Waals surface area contributed by atoms with Crippen LogP contribution in [0.4, 0.5) is 0 Å². The molecule has 24 heavy (non-hydrogen) atoms. The number of aromatic nitrogens is 1. The summed E-state index contributed by atoms with van der Waals surface area (Å²) < 4.78 is 5.64. The number of guanidine groups is 1. The topological polar surface area (TPSA) is 72.5 Å². The van der Waals surface area contributed by atoms with Crippen LogP contribution < -0.4 is 15.8 Å². The van der Waals surface area contributed by atoms with Crippen molar-refractivity contribution in [3.8, 4) is 5.75 Å². The maximum Gasteiger partial charge on any atom is 0.188 e. The summed E-state index contributed by atoms with van der Waals surface area (Å²) in [6.45, 7) is 4.07.